The fraction of sp³-hybridized carbons (Fsp3) is 0.111. The van der Waals surface area contributed by atoms with E-state index in [2.05, 4.69) is 79.7 Å². The zero-order valence-electron chi connectivity index (χ0n) is 16.2. The number of hydrogen-bond donors (Lipinski definition) is 0. The summed E-state index contributed by atoms with van der Waals surface area (Å²) in [7, 11) is 0. The first-order valence-corrected chi connectivity index (χ1v) is 11.0. The van der Waals surface area contributed by atoms with Crippen molar-refractivity contribution in [2.45, 2.75) is 19.8 Å². The topological polar surface area (TPSA) is 13.1 Å². The molecule has 2 heterocycles. The SMILES string of the molecule is CCc1ccc(Cc2ccc3sc4ccccc4c3c2)c2c1oc1ccccc12. The van der Waals surface area contributed by atoms with Crippen molar-refractivity contribution in [1.82, 2.24) is 0 Å². The minimum absolute atomic E-state index is 0.907. The maximum absolute atomic E-state index is 6.27. The summed E-state index contributed by atoms with van der Waals surface area (Å²) in [6.07, 6.45) is 1.88. The van der Waals surface area contributed by atoms with E-state index in [1.165, 1.54) is 47.6 Å². The molecule has 6 aromatic rings. The maximum atomic E-state index is 6.27. The van der Waals surface area contributed by atoms with Crippen molar-refractivity contribution >= 4 is 53.4 Å². The van der Waals surface area contributed by atoms with Crippen LogP contribution in [0.25, 0.3) is 42.1 Å². The van der Waals surface area contributed by atoms with Crippen LogP contribution >= 0.6 is 11.3 Å². The van der Waals surface area contributed by atoms with Crippen LogP contribution in [-0.2, 0) is 12.8 Å². The summed E-state index contributed by atoms with van der Waals surface area (Å²) < 4.78 is 8.98. The van der Waals surface area contributed by atoms with Crippen molar-refractivity contribution in [3.05, 3.63) is 95.6 Å². The summed E-state index contributed by atoms with van der Waals surface area (Å²) in [5, 5.41) is 5.21. The molecule has 0 aliphatic heterocycles. The van der Waals surface area contributed by atoms with Crippen molar-refractivity contribution < 1.29 is 4.42 Å². The van der Waals surface area contributed by atoms with Crippen molar-refractivity contribution in [1.29, 1.82) is 0 Å². The first-order valence-electron chi connectivity index (χ1n) is 10.1. The van der Waals surface area contributed by atoms with Gasteiger partial charge in [-0.15, -0.1) is 11.3 Å². The summed E-state index contributed by atoms with van der Waals surface area (Å²) in [4.78, 5) is 0. The molecule has 0 saturated heterocycles. The van der Waals surface area contributed by atoms with Crippen LogP contribution in [0, 0.1) is 0 Å². The molecule has 0 bridgehead atoms. The van der Waals surface area contributed by atoms with Crippen LogP contribution in [0.2, 0.25) is 0 Å². The lowest BCUT2D eigenvalue weighted by Gasteiger charge is -2.07. The van der Waals surface area contributed by atoms with Gasteiger partial charge in [0.25, 0.3) is 0 Å². The molecule has 0 fully saturated rings. The largest absolute Gasteiger partial charge is 0.456 e. The van der Waals surface area contributed by atoms with Crippen LogP contribution in [0.5, 0.6) is 0 Å². The van der Waals surface area contributed by atoms with Crippen LogP contribution in [0.3, 0.4) is 0 Å². The zero-order chi connectivity index (χ0) is 19.4. The van der Waals surface area contributed by atoms with E-state index in [-0.39, 0.29) is 0 Å². The number of hydrogen-bond acceptors (Lipinski definition) is 2. The normalized spacial score (nSPS) is 11.9. The molecule has 0 aliphatic rings. The average molecular weight is 393 g/mol. The van der Waals surface area contributed by atoms with E-state index >= 15 is 0 Å². The Kier molecular flexibility index (Phi) is 3.75. The number of fused-ring (bicyclic) bond motifs is 6. The average Bonchev–Trinajstić information content (AvgIpc) is 3.33. The van der Waals surface area contributed by atoms with Gasteiger partial charge in [-0.05, 0) is 53.8 Å². The summed E-state index contributed by atoms with van der Waals surface area (Å²) in [5.41, 5.74) is 5.98. The van der Waals surface area contributed by atoms with Crippen molar-refractivity contribution in [3.63, 3.8) is 0 Å². The second kappa shape index (κ2) is 6.47. The lowest BCUT2D eigenvalue weighted by molar-refractivity contribution is 0.663. The molecular weight excluding hydrogens is 372 g/mol. The third kappa shape index (κ3) is 2.60. The Labute approximate surface area is 173 Å². The minimum atomic E-state index is 0.907. The standard InChI is InChI=1S/C27H20OS/c1-2-18-12-13-19(26-21-8-3-5-9-23(21)28-27(18)26)15-17-11-14-25-22(16-17)20-7-4-6-10-24(20)29-25/h3-14,16H,2,15H2,1H3. The number of thiophene rings is 1. The highest BCUT2D eigenvalue weighted by molar-refractivity contribution is 7.25. The van der Waals surface area contributed by atoms with E-state index in [0.717, 1.165) is 24.0 Å². The molecule has 0 radical (unpaired) electrons. The highest BCUT2D eigenvalue weighted by Gasteiger charge is 2.15. The van der Waals surface area contributed by atoms with Crippen molar-refractivity contribution in [3.8, 4) is 0 Å². The van der Waals surface area contributed by atoms with E-state index in [1.54, 1.807) is 0 Å². The molecule has 0 unspecified atom stereocenters. The predicted molar refractivity (Wildman–Crippen MR) is 125 cm³/mol. The van der Waals surface area contributed by atoms with Gasteiger partial charge in [-0.2, -0.15) is 0 Å². The van der Waals surface area contributed by atoms with Gasteiger partial charge in [-0.1, -0.05) is 61.5 Å². The van der Waals surface area contributed by atoms with Gasteiger partial charge in [0.1, 0.15) is 11.2 Å². The molecule has 1 nitrogen and oxygen atoms in total. The molecule has 0 atom stereocenters. The van der Waals surface area contributed by atoms with E-state index in [9.17, 15) is 0 Å². The van der Waals surface area contributed by atoms with Gasteiger partial charge >= 0.3 is 0 Å². The van der Waals surface area contributed by atoms with Gasteiger partial charge in [0, 0.05) is 30.9 Å². The Morgan fingerprint density at radius 2 is 1.48 bits per heavy atom. The number of aryl methyl sites for hydroxylation is 1. The molecule has 2 aromatic heterocycles. The molecule has 140 valence electrons. The van der Waals surface area contributed by atoms with Gasteiger partial charge in [-0.3, -0.25) is 0 Å². The second-order valence-corrected chi connectivity index (χ2v) is 8.73. The Bertz CT molecular complexity index is 1520. The highest BCUT2D eigenvalue weighted by Crippen LogP contribution is 2.37. The van der Waals surface area contributed by atoms with Gasteiger partial charge in [0.05, 0.1) is 0 Å². The number of para-hydroxylation sites is 1. The fourth-order valence-corrected chi connectivity index (χ4v) is 5.57. The monoisotopic (exact) mass is 392 g/mol. The molecule has 0 amide bonds. The van der Waals surface area contributed by atoms with E-state index in [1.807, 2.05) is 17.4 Å². The van der Waals surface area contributed by atoms with Crippen molar-refractivity contribution in [2.24, 2.45) is 0 Å². The Morgan fingerprint density at radius 3 is 2.38 bits per heavy atom. The zero-order valence-corrected chi connectivity index (χ0v) is 17.1. The lowest BCUT2D eigenvalue weighted by atomic mass is 9.96. The molecule has 0 saturated carbocycles. The number of benzene rings is 4. The summed E-state index contributed by atoms with van der Waals surface area (Å²) in [5.74, 6) is 0. The predicted octanol–water partition coefficient (Wildman–Crippen LogP) is 8.11. The van der Waals surface area contributed by atoms with Crippen LogP contribution in [-0.4, -0.2) is 0 Å². The molecule has 2 heteroatoms. The second-order valence-electron chi connectivity index (χ2n) is 7.65. The highest BCUT2D eigenvalue weighted by atomic mass is 32.1. The summed E-state index contributed by atoms with van der Waals surface area (Å²) >= 11 is 1.87. The van der Waals surface area contributed by atoms with E-state index in [4.69, 9.17) is 4.42 Å². The third-order valence-electron chi connectivity index (χ3n) is 5.91. The Morgan fingerprint density at radius 1 is 0.724 bits per heavy atom. The van der Waals surface area contributed by atoms with Crippen LogP contribution in [0.4, 0.5) is 0 Å². The van der Waals surface area contributed by atoms with Gasteiger partial charge < -0.3 is 4.42 Å². The Hall–Kier alpha value is -3.10. The maximum Gasteiger partial charge on any atom is 0.138 e. The van der Waals surface area contributed by atoms with Crippen molar-refractivity contribution in [2.75, 3.05) is 0 Å². The number of furan rings is 1. The van der Waals surface area contributed by atoms with Gasteiger partial charge in [-0.25, -0.2) is 0 Å². The van der Waals surface area contributed by atoms with Crippen LogP contribution in [0.1, 0.15) is 23.6 Å². The van der Waals surface area contributed by atoms with Gasteiger partial charge in [0.15, 0.2) is 0 Å². The smallest absolute Gasteiger partial charge is 0.138 e. The molecule has 29 heavy (non-hydrogen) atoms. The summed E-state index contributed by atoms with van der Waals surface area (Å²) in [6, 6.07) is 28.5. The van der Waals surface area contributed by atoms with E-state index in [0.29, 0.717) is 0 Å². The Balaban J connectivity index is 1.55. The minimum Gasteiger partial charge on any atom is -0.456 e. The third-order valence-corrected chi connectivity index (χ3v) is 7.06. The van der Waals surface area contributed by atoms with E-state index < -0.39 is 0 Å². The molecule has 0 N–H and O–H groups in total. The quantitative estimate of drug-likeness (QED) is 0.296. The van der Waals surface area contributed by atoms with Crippen LogP contribution < -0.4 is 0 Å². The fourth-order valence-electron chi connectivity index (χ4n) is 4.48. The molecule has 0 aliphatic carbocycles. The molecule has 4 aromatic carbocycles. The molecular formula is C27H20OS. The molecule has 0 spiro atoms. The summed E-state index contributed by atoms with van der Waals surface area (Å²) in [6.45, 7) is 2.19. The first kappa shape index (κ1) is 16.8. The lowest BCUT2D eigenvalue weighted by Crippen LogP contribution is -1.91. The molecule has 6 rings (SSSR count). The van der Waals surface area contributed by atoms with Crippen LogP contribution in [0.15, 0.2) is 83.3 Å². The van der Waals surface area contributed by atoms with Gasteiger partial charge in [0.2, 0.25) is 0 Å². The number of rotatable bonds is 3. The first-order chi connectivity index (χ1) is 14.3.